The molecule has 1 saturated heterocycles. The summed E-state index contributed by atoms with van der Waals surface area (Å²) < 4.78 is 14.5. The number of nitrogens with one attached hydrogen (secondary N) is 1. The molecule has 9 heteroatoms. The fourth-order valence-corrected chi connectivity index (χ4v) is 3.89. The van der Waals surface area contributed by atoms with E-state index >= 15 is 0 Å². The summed E-state index contributed by atoms with van der Waals surface area (Å²) in [6.07, 6.45) is 0.742. The zero-order valence-electron chi connectivity index (χ0n) is 17.6. The van der Waals surface area contributed by atoms with Crippen molar-refractivity contribution in [1.29, 1.82) is 0 Å². The Morgan fingerprint density at radius 2 is 1.81 bits per heavy atom. The number of benzene rings is 2. The van der Waals surface area contributed by atoms with Gasteiger partial charge >= 0.3 is 6.03 Å². The standard InChI is InChI=1S/C23H23ClFN5O2/c1-16-3-8-20(19(24)15-16)26-23(32)29-12-2-11-28(13-14-29)21-9-10-22(31)30(27-21)18-6-4-17(25)5-7-18/h3-10,15H,2,11-14H2,1H3,(H,26,32). The third-order valence-electron chi connectivity index (χ3n) is 5.33. The SMILES string of the molecule is Cc1ccc(NC(=O)N2CCCN(c3ccc(=O)n(-c4ccc(F)cc4)n3)CC2)c(Cl)c1. The lowest BCUT2D eigenvalue weighted by molar-refractivity contribution is 0.215. The van der Waals surface area contributed by atoms with E-state index in [1.165, 1.54) is 35.0 Å². The predicted molar refractivity (Wildman–Crippen MR) is 123 cm³/mol. The first-order valence-corrected chi connectivity index (χ1v) is 10.7. The van der Waals surface area contributed by atoms with Crippen LogP contribution >= 0.6 is 11.6 Å². The largest absolute Gasteiger partial charge is 0.353 e. The highest BCUT2D eigenvalue weighted by Gasteiger charge is 2.21. The molecule has 7 nitrogen and oxygen atoms in total. The minimum Gasteiger partial charge on any atom is -0.353 e. The molecule has 32 heavy (non-hydrogen) atoms. The molecule has 1 aliphatic heterocycles. The van der Waals surface area contributed by atoms with Gasteiger partial charge in [0.1, 0.15) is 11.6 Å². The number of amides is 2. The van der Waals surface area contributed by atoms with Gasteiger partial charge in [-0.2, -0.15) is 4.68 Å². The smallest absolute Gasteiger partial charge is 0.321 e. The number of aryl methyl sites for hydroxylation is 1. The van der Waals surface area contributed by atoms with Gasteiger partial charge in [0.05, 0.1) is 16.4 Å². The van der Waals surface area contributed by atoms with Crippen molar-refractivity contribution >= 4 is 29.1 Å². The molecule has 1 aliphatic rings. The number of carbonyl (C=O) groups excluding carboxylic acids is 1. The molecule has 1 aromatic heterocycles. The molecule has 0 saturated carbocycles. The normalized spacial score (nSPS) is 14.2. The predicted octanol–water partition coefficient (Wildman–Crippen LogP) is 4.08. The van der Waals surface area contributed by atoms with Crippen molar-refractivity contribution < 1.29 is 9.18 Å². The van der Waals surface area contributed by atoms with Gasteiger partial charge in [0.2, 0.25) is 0 Å². The van der Waals surface area contributed by atoms with Gasteiger partial charge in [-0.1, -0.05) is 17.7 Å². The molecule has 0 unspecified atom stereocenters. The monoisotopic (exact) mass is 455 g/mol. The summed E-state index contributed by atoms with van der Waals surface area (Å²) in [5, 5.41) is 7.85. The Bertz CT molecular complexity index is 1180. The highest BCUT2D eigenvalue weighted by molar-refractivity contribution is 6.33. The second-order valence-electron chi connectivity index (χ2n) is 7.66. The Morgan fingerprint density at radius 1 is 1.03 bits per heavy atom. The van der Waals surface area contributed by atoms with Crippen molar-refractivity contribution in [2.75, 3.05) is 36.4 Å². The van der Waals surface area contributed by atoms with Crippen molar-refractivity contribution in [2.24, 2.45) is 0 Å². The van der Waals surface area contributed by atoms with Crippen LogP contribution in [0, 0.1) is 12.7 Å². The Kier molecular flexibility index (Phi) is 6.41. The van der Waals surface area contributed by atoms with Crippen LogP contribution in [0.5, 0.6) is 0 Å². The van der Waals surface area contributed by atoms with Gasteiger partial charge in [0.25, 0.3) is 5.56 Å². The van der Waals surface area contributed by atoms with E-state index in [-0.39, 0.29) is 17.4 Å². The van der Waals surface area contributed by atoms with Crippen LogP contribution in [0.1, 0.15) is 12.0 Å². The minimum atomic E-state index is -0.379. The maximum absolute atomic E-state index is 13.2. The summed E-state index contributed by atoms with van der Waals surface area (Å²) in [7, 11) is 0. The van der Waals surface area contributed by atoms with E-state index in [2.05, 4.69) is 10.4 Å². The van der Waals surface area contributed by atoms with Gasteiger partial charge in [0.15, 0.2) is 0 Å². The zero-order chi connectivity index (χ0) is 22.7. The number of anilines is 2. The highest BCUT2D eigenvalue weighted by Crippen LogP contribution is 2.23. The van der Waals surface area contributed by atoms with E-state index in [1.54, 1.807) is 17.0 Å². The lowest BCUT2D eigenvalue weighted by Gasteiger charge is -2.23. The van der Waals surface area contributed by atoms with E-state index in [1.807, 2.05) is 24.0 Å². The summed E-state index contributed by atoms with van der Waals surface area (Å²) in [5.74, 6) is 0.244. The van der Waals surface area contributed by atoms with Crippen molar-refractivity contribution in [3.63, 3.8) is 0 Å². The quantitative estimate of drug-likeness (QED) is 0.646. The van der Waals surface area contributed by atoms with E-state index in [9.17, 15) is 14.0 Å². The van der Waals surface area contributed by atoms with Crippen LogP contribution in [0.25, 0.3) is 5.69 Å². The summed E-state index contributed by atoms with van der Waals surface area (Å²) in [4.78, 5) is 28.8. The third kappa shape index (κ3) is 4.91. The van der Waals surface area contributed by atoms with Gasteiger partial charge in [-0.15, -0.1) is 5.10 Å². The Balaban J connectivity index is 1.46. The maximum Gasteiger partial charge on any atom is 0.321 e. The fraction of sp³-hybridized carbons (Fsp3) is 0.261. The van der Waals surface area contributed by atoms with Gasteiger partial charge < -0.3 is 15.1 Å². The van der Waals surface area contributed by atoms with E-state index in [0.717, 1.165) is 12.0 Å². The Hall–Kier alpha value is -3.39. The molecule has 4 rings (SSSR count). The average molecular weight is 456 g/mol. The summed E-state index contributed by atoms with van der Waals surface area (Å²) in [6.45, 7) is 4.26. The van der Waals surface area contributed by atoms with Crippen molar-refractivity contribution in [1.82, 2.24) is 14.7 Å². The van der Waals surface area contributed by atoms with Crippen molar-refractivity contribution in [3.8, 4) is 5.69 Å². The van der Waals surface area contributed by atoms with Crippen LogP contribution in [-0.2, 0) is 0 Å². The van der Waals surface area contributed by atoms with E-state index in [4.69, 9.17) is 11.6 Å². The molecule has 0 spiro atoms. The Labute approximate surface area is 190 Å². The molecule has 2 aromatic carbocycles. The first kappa shape index (κ1) is 21.8. The minimum absolute atomic E-state index is 0.207. The number of halogens is 2. The molecule has 1 N–H and O–H groups in total. The lowest BCUT2D eigenvalue weighted by Crippen LogP contribution is -2.38. The van der Waals surface area contributed by atoms with Gasteiger partial charge in [-0.25, -0.2) is 9.18 Å². The maximum atomic E-state index is 13.2. The molecule has 0 bridgehead atoms. The highest BCUT2D eigenvalue weighted by atomic mass is 35.5. The van der Waals surface area contributed by atoms with E-state index < -0.39 is 0 Å². The second-order valence-corrected chi connectivity index (χ2v) is 8.07. The molecule has 0 radical (unpaired) electrons. The number of carbonyl (C=O) groups is 1. The van der Waals surface area contributed by atoms with Crippen LogP contribution in [0.15, 0.2) is 59.4 Å². The summed E-state index contributed by atoms with van der Waals surface area (Å²) in [6, 6.07) is 14.0. The molecule has 2 amide bonds. The topological polar surface area (TPSA) is 70.5 Å². The third-order valence-corrected chi connectivity index (χ3v) is 5.64. The van der Waals surface area contributed by atoms with Crippen molar-refractivity contribution in [2.45, 2.75) is 13.3 Å². The molecule has 166 valence electrons. The molecule has 2 heterocycles. The first-order valence-electron chi connectivity index (χ1n) is 10.3. The average Bonchev–Trinajstić information content (AvgIpc) is 3.03. The van der Waals surface area contributed by atoms with E-state index in [0.29, 0.717) is 48.4 Å². The molecule has 3 aromatic rings. The van der Waals surface area contributed by atoms with Crippen LogP contribution in [0.4, 0.5) is 20.7 Å². The van der Waals surface area contributed by atoms with Crippen LogP contribution in [0.3, 0.4) is 0 Å². The van der Waals surface area contributed by atoms with Gasteiger partial charge in [0, 0.05) is 32.2 Å². The van der Waals surface area contributed by atoms with Gasteiger partial charge in [-0.05, 0) is 61.4 Å². The number of nitrogens with zero attached hydrogens (tertiary/aromatic N) is 4. The number of urea groups is 1. The summed E-state index contributed by atoms with van der Waals surface area (Å²) >= 11 is 6.24. The zero-order valence-corrected chi connectivity index (χ0v) is 18.3. The second kappa shape index (κ2) is 9.40. The van der Waals surface area contributed by atoms with Crippen LogP contribution < -0.4 is 15.8 Å². The number of hydrogen-bond donors (Lipinski definition) is 1. The van der Waals surface area contributed by atoms with Gasteiger partial charge in [-0.3, -0.25) is 4.79 Å². The first-order chi connectivity index (χ1) is 15.4. The molecule has 0 atom stereocenters. The van der Waals surface area contributed by atoms with Crippen LogP contribution in [-0.4, -0.2) is 46.9 Å². The van der Waals surface area contributed by atoms with Crippen molar-refractivity contribution in [3.05, 3.63) is 81.4 Å². The lowest BCUT2D eigenvalue weighted by atomic mass is 10.2. The van der Waals surface area contributed by atoms with Crippen LogP contribution in [0.2, 0.25) is 5.02 Å². The molecule has 1 fully saturated rings. The number of hydrogen-bond acceptors (Lipinski definition) is 4. The number of aromatic nitrogens is 2. The number of rotatable bonds is 3. The molecular formula is C23H23ClFN5O2. The Morgan fingerprint density at radius 3 is 2.56 bits per heavy atom. The molecule has 0 aliphatic carbocycles. The fourth-order valence-electron chi connectivity index (χ4n) is 3.60. The molecular weight excluding hydrogens is 433 g/mol. The summed E-state index contributed by atoms with van der Waals surface area (Å²) in [5.41, 5.74) is 1.79.